The summed E-state index contributed by atoms with van der Waals surface area (Å²) in [6.45, 7) is 1.15. The summed E-state index contributed by atoms with van der Waals surface area (Å²) in [6, 6.07) is 0.711. The fourth-order valence-electron chi connectivity index (χ4n) is 3.52. The fraction of sp³-hybridized carbons (Fsp3) is 0.733. The molecule has 2 fully saturated rings. The molecule has 1 aromatic heterocycles. The first-order valence-electron chi connectivity index (χ1n) is 7.56. The summed E-state index contributed by atoms with van der Waals surface area (Å²) >= 11 is 1.72. The van der Waals surface area contributed by atoms with Crippen LogP contribution in [0.1, 0.15) is 44.2 Å². The molecule has 2 aliphatic rings. The summed E-state index contributed by atoms with van der Waals surface area (Å²) in [5.74, 6) is 0.722. The number of anilines is 1. The predicted molar refractivity (Wildman–Crippen MR) is 80.2 cm³/mol. The van der Waals surface area contributed by atoms with Crippen LogP contribution >= 0.6 is 11.3 Å². The molecule has 1 aliphatic carbocycles. The summed E-state index contributed by atoms with van der Waals surface area (Å²) in [6.07, 6.45) is 7.90. The van der Waals surface area contributed by atoms with Gasteiger partial charge >= 0.3 is 5.97 Å². The van der Waals surface area contributed by atoms with Crippen molar-refractivity contribution in [2.45, 2.75) is 51.0 Å². The van der Waals surface area contributed by atoms with Crippen molar-refractivity contribution in [3.05, 3.63) is 11.1 Å². The summed E-state index contributed by atoms with van der Waals surface area (Å²) in [5, 5.41) is 3.24. The number of hydrogen-bond acceptors (Lipinski definition) is 5. The van der Waals surface area contributed by atoms with E-state index in [2.05, 4.69) is 15.0 Å². The van der Waals surface area contributed by atoms with E-state index in [1.165, 1.54) is 39.2 Å². The Bertz CT molecular complexity index is 474. The molecule has 1 aromatic rings. The lowest BCUT2D eigenvalue weighted by Gasteiger charge is -2.31. The lowest BCUT2D eigenvalue weighted by atomic mass is 9.85. The number of ether oxygens (including phenoxy) is 1. The zero-order valence-corrected chi connectivity index (χ0v) is 12.8. The lowest BCUT2D eigenvalue weighted by molar-refractivity contribution is -0.140. The second kappa shape index (κ2) is 6.12. The minimum atomic E-state index is -0.159. The molecule has 2 unspecified atom stereocenters. The van der Waals surface area contributed by atoms with E-state index in [-0.39, 0.29) is 5.97 Å². The number of methoxy groups -OCH3 is 1. The molecule has 4 nitrogen and oxygen atoms in total. The van der Waals surface area contributed by atoms with Crippen molar-refractivity contribution in [1.82, 2.24) is 4.98 Å². The van der Waals surface area contributed by atoms with Gasteiger partial charge in [-0.15, -0.1) is 11.3 Å². The van der Waals surface area contributed by atoms with Crippen molar-refractivity contribution >= 4 is 22.4 Å². The third kappa shape index (κ3) is 2.82. The lowest BCUT2D eigenvalue weighted by Crippen LogP contribution is -2.34. The molecular formula is C15H22N2O2S. The average molecular weight is 294 g/mol. The molecule has 1 saturated heterocycles. The maximum atomic E-state index is 11.2. The van der Waals surface area contributed by atoms with Gasteiger partial charge in [-0.2, -0.15) is 0 Å². The summed E-state index contributed by atoms with van der Waals surface area (Å²) in [5.41, 5.74) is 1.02. The molecule has 110 valence electrons. The van der Waals surface area contributed by atoms with Gasteiger partial charge in [0.15, 0.2) is 5.13 Å². The van der Waals surface area contributed by atoms with Crippen LogP contribution in [0.2, 0.25) is 0 Å². The quantitative estimate of drug-likeness (QED) is 0.801. The highest BCUT2D eigenvalue weighted by molar-refractivity contribution is 7.13. The van der Waals surface area contributed by atoms with Crippen LogP contribution in [0.5, 0.6) is 0 Å². The highest BCUT2D eigenvalue weighted by Gasteiger charge is 2.36. The largest absolute Gasteiger partial charge is 0.469 e. The molecule has 2 atom stereocenters. The molecule has 5 heteroatoms. The summed E-state index contributed by atoms with van der Waals surface area (Å²) in [4.78, 5) is 18.4. The maximum Gasteiger partial charge on any atom is 0.305 e. The van der Waals surface area contributed by atoms with Gasteiger partial charge in [0, 0.05) is 24.4 Å². The molecular weight excluding hydrogens is 272 g/mol. The monoisotopic (exact) mass is 294 g/mol. The third-order valence-corrected chi connectivity index (χ3v) is 5.53. The van der Waals surface area contributed by atoms with Gasteiger partial charge in [0.05, 0.1) is 19.2 Å². The van der Waals surface area contributed by atoms with Crippen LogP contribution in [0.25, 0.3) is 0 Å². The first kappa shape index (κ1) is 13.9. The Labute approximate surface area is 124 Å². The number of thiazole rings is 1. The number of esters is 1. The normalized spacial score (nSPS) is 25.6. The third-order valence-electron chi connectivity index (χ3n) is 4.61. The minimum Gasteiger partial charge on any atom is -0.469 e. The van der Waals surface area contributed by atoms with Crippen molar-refractivity contribution in [2.24, 2.45) is 5.92 Å². The molecule has 3 rings (SSSR count). The van der Waals surface area contributed by atoms with Crippen LogP contribution in [0.15, 0.2) is 5.38 Å². The van der Waals surface area contributed by atoms with Gasteiger partial charge < -0.3 is 9.64 Å². The molecule has 2 heterocycles. The summed E-state index contributed by atoms with van der Waals surface area (Å²) < 4.78 is 4.68. The number of carbonyl (C=O) groups excluding carboxylic acids is 1. The van der Waals surface area contributed by atoms with Gasteiger partial charge in [0.25, 0.3) is 0 Å². The van der Waals surface area contributed by atoms with E-state index in [4.69, 9.17) is 4.98 Å². The van der Waals surface area contributed by atoms with Crippen LogP contribution < -0.4 is 4.90 Å². The van der Waals surface area contributed by atoms with Crippen molar-refractivity contribution in [1.29, 1.82) is 0 Å². The van der Waals surface area contributed by atoms with Gasteiger partial charge in [-0.3, -0.25) is 4.79 Å². The number of aryl methyl sites for hydroxylation is 1. The van der Waals surface area contributed by atoms with E-state index in [1.807, 2.05) is 0 Å². The Morgan fingerprint density at radius 2 is 2.30 bits per heavy atom. The van der Waals surface area contributed by atoms with Crippen LogP contribution in [-0.4, -0.2) is 30.6 Å². The Morgan fingerprint density at radius 3 is 3.15 bits per heavy atom. The van der Waals surface area contributed by atoms with Gasteiger partial charge in [0.2, 0.25) is 0 Å². The summed E-state index contributed by atoms with van der Waals surface area (Å²) in [7, 11) is 1.43. The molecule has 20 heavy (non-hydrogen) atoms. The number of rotatable bonds is 4. The average Bonchev–Trinajstić information content (AvgIpc) is 3.10. The number of fused-ring (bicyclic) bond motifs is 1. The van der Waals surface area contributed by atoms with E-state index in [0.29, 0.717) is 18.9 Å². The van der Waals surface area contributed by atoms with Gasteiger partial charge in [0.1, 0.15) is 0 Å². The molecule has 0 N–H and O–H groups in total. The molecule has 0 amide bonds. The standard InChI is InChI=1S/C15H22N2O2S/c1-19-14(18)7-6-12-10-20-15(16-12)17-9-8-11-4-2-3-5-13(11)17/h10-11,13H,2-9H2,1H3. The van der Waals surface area contributed by atoms with Crippen LogP contribution in [0, 0.1) is 5.92 Å². The van der Waals surface area contributed by atoms with Crippen molar-refractivity contribution in [3.8, 4) is 0 Å². The Kier molecular flexibility index (Phi) is 4.24. The fourth-order valence-corrected chi connectivity index (χ4v) is 4.46. The number of carbonyl (C=O) groups is 1. The van der Waals surface area contributed by atoms with E-state index in [1.54, 1.807) is 11.3 Å². The molecule has 1 saturated carbocycles. The van der Waals surface area contributed by atoms with Crippen LogP contribution in [-0.2, 0) is 16.0 Å². The highest BCUT2D eigenvalue weighted by atomic mass is 32.1. The first-order valence-corrected chi connectivity index (χ1v) is 8.44. The minimum absolute atomic E-state index is 0.159. The Morgan fingerprint density at radius 1 is 1.45 bits per heavy atom. The van der Waals surface area contributed by atoms with Crippen LogP contribution in [0.3, 0.4) is 0 Å². The van der Waals surface area contributed by atoms with Gasteiger partial charge in [-0.05, 0) is 25.2 Å². The van der Waals surface area contributed by atoms with Crippen molar-refractivity contribution in [2.75, 3.05) is 18.6 Å². The first-order chi connectivity index (χ1) is 9.78. The number of hydrogen-bond donors (Lipinski definition) is 0. The zero-order chi connectivity index (χ0) is 13.9. The van der Waals surface area contributed by atoms with E-state index >= 15 is 0 Å². The number of nitrogens with zero attached hydrogens (tertiary/aromatic N) is 2. The van der Waals surface area contributed by atoms with E-state index in [9.17, 15) is 4.79 Å². The van der Waals surface area contributed by atoms with E-state index < -0.39 is 0 Å². The van der Waals surface area contributed by atoms with Crippen molar-refractivity contribution < 1.29 is 9.53 Å². The van der Waals surface area contributed by atoms with Crippen molar-refractivity contribution in [3.63, 3.8) is 0 Å². The smallest absolute Gasteiger partial charge is 0.305 e. The maximum absolute atomic E-state index is 11.2. The molecule has 0 radical (unpaired) electrons. The SMILES string of the molecule is COC(=O)CCc1csc(N2CCC3CCCCC32)n1. The van der Waals surface area contributed by atoms with Gasteiger partial charge in [-0.1, -0.05) is 12.8 Å². The zero-order valence-electron chi connectivity index (χ0n) is 12.0. The number of aromatic nitrogens is 1. The molecule has 0 bridgehead atoms. The predicted octanol–water partition coefficient (Wildman–Crippen LogP) is 3.02. The topological polar surface area (TPSA) is 42.4 Å². The molecule has 0 spiro atoms. The van der Waals surface area contributed by atoms with Crippen LogP contribution in [0.4, 0.5) is 5.13 Å². The highest BCUT2D eigenvalue weighted by Crippen LogP contribution is 2.39. The molecule has 1 aliphatic heterocycles. The Balaban J connectivity index is 1.63. The Hall–Kier alpha value is -1.10. The second-order valence-electron chi connectivity index (χ2n) is 5.79. The molecule has 0 aromatic carbocycles. The second-order valence-corrected chi connectivity index (χ2v) is 6.63. The van der Waals surface area contributed by atoms with E-state index in [0.717, 1.165) is 23.3 Å². The van der Waals surface area contributed by atoms with Gasteiger partial charge in [-0.25, -0.2) is 4.98 Å².